The quantitative estimate of drug-likeness (QED) is 0.388. The molecule has 0 amide bonds. The average molecular weight is 241 g/mol. The second-order valence-corrected chi connectivity index (χ2v) is 4.06. The van der Waals surface area contributed by atoms with Crippen LogP contribution < -0.4 is 5.73 Å². The van der Waals surface area contributed by atoms with Crippen LogP contribution in [0.2, 0.25) is 0 Å². The van der Waals surface area contributed by atoms with E-state index >= 15 is 0 Å². The summed E-state index contributed by atoms with van der Waals surface area (Å²) in [6, 6.07) is 9.84. The molecule has 0 spiro atoms. The number of H-pyrrole nitrogens is 1. The molecule has 0 saturated carbocycles. The third-order valence-corrected chi connectivity index (χ3v) is 2.77. The van der Waals surface area contributed by atoms with E-state index < -0.39 is 0 Å². The van der Waals surface area contributed by atoms with Crippen LogP contribution >= 0.6 is 0 Å². The number of hydrogen-bond donors (Lipinski definition) is 4. The fourth-order valence-corrected chi connectivity index (χ4v) is 1.83. The number of phenolic OH excluding ortho intramolecular Hbond substituents is 2. The Balaban J connectivity index is 2.16. The van der Waals surface area contributed by atoms with Crippen molar-refractivity contribution >= 4 is 16.7 Å². The van der Waals surface area contributed by atoms with Crippen molar-refractivity contribution in [2.24, 2.45) is 0 Å². The number of imidazole rings is 1. The van der Waals surface area contributed by atoms with Gasteiger partial charge in [0.2, 0.25) is 0 Å². The van der Waals surface area contributed by atoms with Crippen LogP contribution in [0.4, 0.5) is 5.69 Å². The van der Waals surface area contributed by atoms with Gasteiger partial charge in [0, 0.05) is 11.6 Å². The number of fused-ring (bicyclic) bond motifs is 1. The molecule has 3 aromatic rings. The molecule has 0 bridgehead atoms. The zero-order valence-corrected chi connectivity index (χ0v) is 9.38. The third kappa shape index (κ3) is 1.62. The van der Waals surface area contributed by atoms with Crippen LogP contribution in [0.15, 0.2) is 36.4 Å². The fraction of sp³-hybridized carbons (Fsp3) is 0. The fourth-order valence-electron chi connectivity index (χ4n) is 1.83. The maximum absolute atomic E-state index is 9.57. The van der Waals surface area contributed by atoms with Crippen LogP contribution in [0.5, 0.6) is 11.5 Å². The first-order valence-corrected chi connectivity index (χ1v) is 5.41. The molecule has 0 fully saturated rings. The van der Waals surface area contributed by atoms with E-state index in [1.54, 1.807) is 36.4 Å². The Kier molecular flexibility index (Phi) is 2.13. The van der Waals surface area contributed by atoms with Gasteiger partial charge in [0.05, 0.1) is 16.7 Å². The van der Waals surface area contributed by atoms with Crippen LogP contribution in [-0.4, -0.2) is 20.2 Å². The first-order chi connectivity index (χ1) is 8.63. The molecule has 0 atom stereocenters. The van der Waals surface area contributed by atoms with Crippen molar-refractivity contribution < 1.29 is 10.2 Å². The molecule has 0 saturated heterocycles. The van der Waals surface area contributed by atoms with E-state index in [0.29, 0.717) is 11.5 Å². The molecule has 0 unspecified atom stereocenters. The molecule has 5 nitrogen and oxygen atoms in total. The summed E-state index contributed by atoms with van der Waals surface area (Å²) in [7, 11) is 0. The number of anilines is 1. The predicted octanol–water partition coefficient (Wildman–Crippen LogP) is 2.22. The van der Waals surface area contributed by atoms with E-state index in [9.17, 15) is 10.2 Å². The molecular weight excluding hydrogens is 230 g/mol. The minimum absolute atomic E-state index is 0.0239. The molecule has 0 radical (unpaired) electrons. The second-order valence-electron chi connectivity index (χ2n) is 4.06. The SMILES string of the molecule is Nc1ccc(-c2nc3ccc(O)cc3[nH]2)cc1O. The monoisotopic (exact) mass is 241 g/mol. The van der Waals surface area contributed by atoms with Gasteiger partial charge in [-0.25, -0.2) is 4.98 Å². The van der Waals surface area contributed by atoms with Crippen molar-refractivity contribution in [3.8, 4) is 22.9 Å². The summed E-state index contributed by atoms with van der Waals surface area (Å²) in [5.74, 6) is 0.819. The molecule has 5 heteroatoms. The lowest BCUT2D eigenvalue weighted by molar-refractivity contribution is 0.476. The van der Waals surface area contributed by atoms with Crippen LogP contribution in [0.25, 0.3) is 22.4 Å². The van der Waals surface area contributed by atoms with E-state index in [4.69, 9.17) is 5.73 Å². The summed E-state index contributed by atoms with van der Waals surface area (Å²) in [6.45, 7) is 0. The van der Waals surface area contributed by atoms with Gasteiger partial charge >= 0.3 is 0 Å². The van der Waals surface area contributed by atoms with Gasteiger partial charge in [0.25, 0.3) is 0 Å². The lowest BCUT2D eigenvalue weighted by atomic mass is 10.2. The molecule has 18 heavy (non-hydrogen) atoms. The van der Waals surface area contributed by atoms with Crippen molar-refractivity contribution in [2.45, 2.75) is 0 Å². The highest BCUT2D eigenvalue weighted by atomic mass is 16.3. The number of aromatic nitrogens is 2. The van der Waals surface area contributed by atoms with E-state index in [2.05, 4.69) is 9.97 Å². The normalized spacial score (nSPS) is 10.9. The number of hydrogen-bond acceptors (Lipinski definition) is 4. The molecule has 5 N–H and O–H groups in total. The number of aromatic amines is 1. The molecule has 1 heterocycles. The number of benzene rings is 2. The number of nitrogens with two attached hydrogens (primary N) is 1. The number of nitrogen functional groups attached to an aromatic ring is 1. The van der Waals surface area contributed by atoms with Crippen LogP contribution in [0, 0.1) is 0 Å². The maximum Gasteiger partial charge on any atom is 0.139 e. The highest BCUT2D eigenvalue weighted by Gasteiger charge is 2.07. The molecule has 0 aliphatic carbocycles. The Bertz CT molecular complexity index is 734. The zero-order chi connectivity index (χ0) is 12.7. The summed E-state index contributed by atoms with van der Waals surface area (Å²) in [5, 5.41) is 19.0. The van der Waals surface area contributed by atoms with Gasteiger partial charge in [-0.3, -0.25) is 0 Å². The summed E-state index contributed by atoms with van der Waals surface area (Å²) in [5.41, 5.74) is 8.09. The molecular formula is C13H11N3O2. The smallest absolute Gasteiger partial charge is 0.139 e. The largest absolute Gasteiger partial charge is 0.508 e. The highest BCUT2D eigenvalue weighted by Crippen LogP contribution is 2.28. The number of aromatic hydroxyl groups is 2. The van der Waals surface area contributed by atoms with Crippen LogP contribution in [0.1, 0.15) is 0 Å². The molecule has 0 aliphatic heterocycles. The van der Waals surface area contributed by atoms with Gasteiger partial charge in [-0.05, 0) is 30.3 Å². The van der Waals surface area contributed by atoms with E-state index in [1.807, 2.05) is 0 Å². The molecule has 2 aromatic carbocycles. The van der Waals surface area contributed by atoms with Crippen molar-refractivity contribution in [2.75, 3.05) is 5.73 Å². The number of rotatable bonds is 1. The Morgan fingerprint density at radius 1 is 1.06 bits per heavy atom. The lowest BCUT2D eigenvalue weighted by Crippen LogP contribution is -1.86. The summed E-state index contributed by atoms with van der Waals surface area (Å²) < 4.78 is 0. The second kappa shape index (κ2) is 3.66. The van der Waals surface area contributed by atoms with Crippen molar-refractivity contribution in [1.82, 2.24) is 9.97 Å². The van der Waals surface area contributed by atoms with Gasteiger partial charge in [0.15, 0.2) is 0 Å². The highest BCUT2D eigenvalue weighted by molar-refractivity contribution is 5.81. The number of nitrogens with one attached hydrogen (secondary N) is 1. The topological polar surface area (TPSA) is 95.2 Å². The standard InChI is InChI=1S/C13H11N3O2/c14-9-3-1-7(5-12(9)18)13-15-10-4-2-8(17)6-11(10)16-13/h1-6,17-18H,14H2,(H,15,16). The van der Waals surface area contributed by atoms with Crippen LogP contribution in [-0.2, 0) is 0 Å². The van der Waals surface area contributed by atoms with E-state index in [1.165, 1.54) is 0 Å². The van der Waals surface area contributed by atoms with Gasteiger partial charge in [0.1, 0.15) is 17.3 Å². The van der Waals surface area contributed by atoms with Gasteiger partial charge in [-0.1, -0.05) is 0 Å². The molecule has 0 aliphatic rings. The van der Waals surface area contributed by atoms with Gasteiger partial charge in [-0.15, -0.1) is 0 Å². The number of phenols is 2. The first kappa shape index (κ1) is 10.5. The summed E-state index contributed by atoms with van der Waals surface area (Å²) >= 11 is 0. The Morgan fingerprint density at radius 2 is 1.89 bits per heavy atom. The zero-order valence-electron chi connectivity index (χ0n) is 9.38. The molecule has 3 rings (SSSR count). The number of nitrogens with zero attached hydrogens (tertiary/aromatic N) is 1. The maximum atomic E-state index is 9.57. The third-order valence-electron chi connectivity index (χ3n) is 2.77. The van der Waals surface area contributed by atoms with E-state index in [-0.39, 0.29) is 11.5 Å². The average Bonchev–Trinajstić information content (AvgIpc) is 2.75. The van der Waals surface area contributed by atoms with E-state index in [0.717, 1.165) is 16.6 Å². The minimum Gasteiger partial charge on any atom is -0.508 e. The predicted molar refractivity (Wildman–Crippen MR) is 69.3 cm³/mol. The Labute approximate surface area is 103 Å². The minimum atomic E-state index is 0.0239. The summed E-state index contributed by atoms with van der Waals surface area (Å²) in [4.78, 5) is 7.45. The molecule has 90 valence electrons. The Morgan fingerprint density at radius 3 is 2.67 bits per heavy atom. The van der Waals surface area contributed by atoms with Gasteiger partial charge < -0.3 is 20.9 Å². The summed E-state index contributed by atoms with van der Waals surface area (Å²) in [6.07, 6.45) is 0. The van der Waals surface area contributed by atoms with Gasteiger partial charge in [-0.2, -0.15) is 0 Å². The van der Waals surface area contributed by atoms with Crippen molar-refractivity contribution in [1.29, 1.82) is 0 Å². The van der Waals surface area contributed by atoms with Crippen molar-refractivity contribution in [3.63, 3.8) is 0 Å². The van der Waals surface area contributed by atoms with Crippen molar-refractivity contribution in [3.05, 3.63) is 36.4 Å². The lowest BCUT2D eigenvalue weighted by Gasteiger charge is -2.00. The first-order valence-electron chi connectivity index (χ1n) is 5.41. The van der Waals surface area contributed by atoms with Crippen LogP contribution in [0.3, 0.4) is 0 Å². The molecule has 1 aromatic heterocycles. The Hall–Kier alpha value is -2.69.